The van der Waals surface area contributed by atoms with Crippen LogP contribution in [0.1, 0.15) is 365 Å². The number of esters is 6. The highest BCUT2D eigenvalue weighted by atomic mass is 28.6. The lowest BCUT2D eigenvalue weighted by Gasteiger charge is -2.65. The van der Waals surface area contributed by atoms with Crippen molar-refractivity contribution in [1.29, 1.82) is 0 Å². The van der Waals surface area contributed by atoms with Crippen LogP contribution in [0.15, 0.2) is 0 Å². The van der Waals surface area contributed by atoms with Gasteiger partial charge in [-0.1, -0.05) is 193 Å². The second kappa shape index (κ2) is 44.5. The van der Waals surface area contributed by atoms with Crippen molar-refractivity contribution in [2.75, 3.05) is 19.4 Å². The molecule has 0 radical (unpaired) electrons. The molecule has 37 nitrogen and oxygen atoms in total. The zero-order chi connectivity index (χ0) is 106. The number of rotatable bonds is 33. The molecule has 18 rings (SSSR count). The number of carbonyl (C=O) groups is 6. The average molecular weight is 2290 g/mol. The molecule has 820 valence electrons. The summed E-state index contributed by atoms with van der Waals surface area (Å²) in [4.78, 5) is 72.8. The Bertz CT molecular complexity index is 4100. The summed E-state index contributed by atoms with van der Waals surface area (Å²) in [6, 6.07) is 3.09. The maximum atomic E-state index is 13.7. The monoisotopic (exact) mass is 2290 g/mol. The molecule has 4 unspecified atom stereocenters. The van der Waals surface area contributed by atoms with Gasteiger partial charge in [0.05, 0.1) is 46.2 Å². The number of hydrogen-bond donors (Lipinski definition) is 1. The van der Waals surface area contributed by atoms with E-state index in [2.05, 4.69) is 6.92 Å². The highest BCUT2D eigenvalue weighted by Crippen LogP contribution is 2.63. The van der Waals surface area contributed by atoms with Gasteiger partial charge < -0.3 is 132 Å². The van der Waals surface area contributed by atoms with Crippen molar-refractivity contribution in [3.8, 4) is 0 Å². The van der Waals surface area contributed by atoms with Crippen LogP contribution in [0.5, 0.6) is 0 Å². The first-order valence-electron chi connectivity index (χ1n) is 53.4. The van der Waals surface area contributed by atoms with Gasteiger partial charge in [0.25, 0.3) is 0 Å². The Morgan fingerprint density at radius 3 is 0.951 bits per heavy atom. The molecule has 0 amide bonds. The van der Waals surface area contributed by atoms with Gasteiger partial charge in [-0.05, 0) is 170 Å². The highest BCUT2D eigenvalue weighted by molar-refractivity contribution is 7.06. The van der Waals surface area contributed by atoms with Crippen molar-refractivity contribution in [1.82, 2.24) is 0 Å². The van der Waals surface area contributed by atoms with E-state index in [1.54, 1.807) is 0 Å². The molecule has 0 spiro atoms. The molecule has 4 atom stereocenters. The molecule has 53 heteroatoms. The Labute approximate surface area is 865 Å². The minimum absolute atomic E-state index is 0.0207. The van der Waals surface area contributed by atoms with Crippen LogP contribution in [0.2, 0.25) is 87.1 Å². The number of aliphatic hydroxyl groups is 1. The summed E-state index contributed by atoms with van der Waals surface area (Å²) in [5.41, 5.74) is -5.56. The summed E-state index contributed by atoms with van der Waals surface area (Å²) in [5, 5.41) is 10.6. The Morgan fingerprint density at radius 1 is 0.373 bits per heavy atom. The first kappa shape index (κ1) is 121. The average Bonchev–Trinajstić information content (AvgIpc) is 0.777. The van der Waals surface area contributed by atoms with E-state index >= 15 is 0 Å². The standard InChI is InChI=1S/C28H62O14Si8.C23H52O14Si8.C15H24O3.C13H24O2.C10H16O4/c1-18-28(16,17)27(29)30-19-43-31-44(20(2)3)34-47(23(8)9)36-45(32-43,21(4)5)38-49(25(12)13)39-46(33-43,22(6)7)37-48(35-44,24(10)11)41-50(40-47,42-49)26(14)15;1-11-23(9,10)22(24)25-20-19-21-45-35-42(16-6)29-39(13-3)26-38(12-2)27-40(14-4,31-42)33-44(18-8,37-45)34-41(15-5,28-38)32-43(17-7,30-39)36-45;1-3-10(2)13(16)18-15-7-11-4-12(8-15)6-14(17,5-11)9-15;1-5-12(2,3)11(14)15-13(4)9-7-6-8-10-13;1-4-10(2,3)9(12)14-7-5-8(11)13-6-7/h20-26H,18-19H2,1-17H3;11-21H2,1-10H3;10-12,17H,3-9H2,1-2H3;5-10H2,1-4H3;7H,4-6H2,1-3H3. The predicted molar refractivity (Wildman–Crippen MR) is 556 cm³/mol. The van der Waals surface area contributed by atoms with Gasteiger partial charge in [0, 0.05) is 93.6 Å². The van der Waals surface area contributed by atoms with E-state index in [0.29, 0.717) is 86.2 Å². The summed E-state index contributed by atoms with van der Waals surface area (Å²) in [5.74, 6) is -0.203. The third kappa shape index (κ3) is 25.2. The number of hydrogen-bond acceptors (Lipinski definition) is 37. The van der Waals surface area contributed by atoms with E-state index in [4.69, 9.17) is 127 Å². The lowest BCUT2D eigenvalue weighted by Crippen LogP contribution is -2.90. The van der Waals surface area contributed by atoms with Crippen LogP contribution in [0.25, 0.3) is 0 Å². The maximum Gasteiger partial charge on any atom is 0.518 e. The maximum absolute atomic E-state index is 13.7. The summed E-state index contributed by atoms with van der Waals surface area (Å²) < 4.78 is 209. The van der Waals surface area contributed by atoms with Gasteiger partial charge >= 0.3 is 177 Å². The van der Waals surface area contributed by atoms with E-state index in [-0.39, 0.29) is 129 Å². The van der Waals surface area contributed by atoms with Gasteiger partial charge in [-0.15, -0.1) is 0 Å². The fourth-order valence-corrected chi connectivity index (χ4v) is 122. The lowest BCUT2D eigenvalue weighted by atomic mass is 9.52. The molecular formula is C89H178O37Si16. The van der Waals surface area contributed by atoms with Crippen LogP contribution in [-0.2, 0) is 156 Å². The molecule has 0 aromatic rings. The molecule has 13 saturated heterocycles. The highest BCUT2D eigenvalue weighted by Gasteiger charge is 2.88. The van der Waals surface area contributed by atoms with Gasteiger partial charge in [0.2, 0.25) is 0 Å². The summed E-state index contributed by atoms with van der Waals surface area (Å²) in [7, 11) is -62.2. The van der Waals surface area contributed by atoms with Crippen LogP contribution >= 0.6 is 0 Å². The van der Waals surface area contributed by atoms with Crippen molar-refractivity contribution >= 4 is 177 Å². The second-order valence-electron chi connectivity index (χ2n) is 46.6. The van der Waals surface area contributed by atoms with Crippen LogP contribution in [0.4, 0.5) is 0 Å². The third-order valence-electron chi connectivity index (χ3n) is 30.8. The number of ether oxygens (including phenoxy) is 6. The normalized spacial score (nSPS) is 40.1. The van der Waals surface area contributed by atoms with Crippen LogP contribution in [0, 0.1) is 39.4 Å². The molecule has 0 aromatic heterocycles. The number of carbonyl (C=O) groups excluding carboxylic acids is 6. The van der Waals surface area contributed by atoms with Crippen molar-refractivity contribution in [3.05, 3.63) is 0 Å². The first-order valence-corrected chi connectivity index (χ1v) is 83.4. The topological polar surface area (TPSA) is 400 Å². The SMILES string of the molecule is CCC(C)(C)C(=O)OC1(C)CCCCC1.CCC(C)(C)C(=O)OC1COC(=O)C1.CCC(C)(C)C(=O)OCCC[Si]12O[Si]3(CC)O[Si]4(CC)O[Si]5(CC)O[Si](CC)(O3)O[Si](CC)(O[Si](CC)(O5)O[Si](CC)(O4)O1)O2.CCC(C)(C)C(=O)OC[Si]12O[Si]3(C(C)C)O[Si]4(C(C)C)O[Si](C(C)C)(O1)O[Si]1(C(C)C)O[Si](C(C)C)(O2)O[Si](C(C)C)(O3)O[Si](C(C)C)(O4)O1.CCC(C)C(=O)OC12CC3CC(CC(O)(C3)C1)C2. The summed E-state index contributed by atoms with van der Waals surface area (Å²) >= 11 is 0. The Kier molecular flexibility index (Phi) is 38.1. The first-order chi connectivity index (χ1) is 65.7. The molecule has 142 heavy (non-hydrogen) atoms. The van der Waals surface area contributed by atoms with Crippen molar-refractivity contribution in [2.24, 2.45) is 39.4 Å². The molecule has 5 saturated carbocycles. The van der Waals surface area contributed by atoms with Gasteiger partial charge in [0.15, 0.2) is 6.23 Å². The van der Waals surface area contributed by atoms with Crippen molar-refractivity contribution < 1.29 is 161 Å². The van der Waals surface area contributed by atoms with Crippen LogP contribution in [0.3, 0.4) is 0 Å². The summed E-state index contributed by atoms with van der Waals surface area (Å²) in [6.45, 7) is 71.0. The van der Waals surface area contributed by atoms with Crippen molar-refractivity contribution in [3.63, 3.8) is 0 Å². The van der Waals surface area contributed by atoms with E-state index in [0.717, 1.165) is 51.4 Å². The lowest BCUT2D eigenvalue weighted by molar-refractivity contribution is -0.222. The number of cyclic esters (lactones) is 1. The van der Waals surface area contributed by atoms with Gasteiger partial charge in [-0.2, -0.15) is 0 Å². The van der Waals surface area contributed by atoms with Crippen molar-refractivity contribution in [2.45, 2.75) is 475 Å². The van der Waals surface area contributed by atoms with E-state index < -0.39 is 169 Å². The van der Waals surface area contributed by atoms with Gasteiger partial charge in [-0.3, -0.25) is 28.8 Å². The minimum Gasteiger partial charge on any atom is -0.465 e. The minimum atomic E-state index is -4.35. The molecule has 13 aliphatic heterocycles. The van der Waals surface area contributed by atoms with Gasteiger partial charge in [-0.25, -0.2) is 0 Å². The fourth-order valence-electron chi connectivity index (χ4n) is 19.5. The van der Waals surface area contributed by atoms with Crippen LogP contribution in [-0.4, -0.2) is 224 Å². The predicted octanol–water partition coefficient (Wildman–Crippen LogP) is 20.1. The molecule has 5 aliphatic carbocycles. The molecule has 20 bridgehead atoms. The largest absolute Gasteiger partial charge is 0.518 e. The van der Waals surface area contributed by atoms with Gasteiger partial charge in [0.1, 0.15) is 23.9 Å². The Balaban J connectivity index is 0.000000188. The molecule has 18 fully saturated rings. The zero-order valence-electron chi connectivity index (χ0n) is 92.5. The molecular weight excluding hydrogens is 2110 g/mol. The van der Waals surface area contributed by atoms with E-state index in [1.807, 2.05) is 242 Å². The third-order valence-corrected chi connectivity index (χ3v) is 106. The van der Waals surface area contributed by atoms with E-state index in [9.17, 15) is 33.9 Å². The smallest absolute Gasteiger partial charge is 0.465 e. The molecule has 0 aromatic carbocycles. The second-order valence-corrected chi connectivity index (χ2v) is 101. The van der Waals surface area contributed by atoms with Crippen LogP contribution < -0.4 is 0 Å². The zero-order valence-corrected chi connectivity index (χ0v) is 109. The summed E-state index contributed by atoms with van der Waals surface area (Å²) in [6.07, 6.45) is 14.9. The fraction of sp³-hybridized carbons (Fsp3) is 0.933. The molecule has 18 aliphatic rings. The Morgan fingerprint density at radius 2 is 0.669 bits per heavy atom. The Hall–Kier alpha value is -0.710. The molecule has 1 N–H and O–H groups in total. The quantitative estimate of drug-likeness (QED) is 0.0276. The van der Waals surface area contributed by atoms with E-state index in [1.165, 1.54) is 25.7 Å². The molecule has 13 heterocycles.